The Labute approximate surface area is 156 Å². The van der Waals surface area contributed by atoms with Crippen LogP contribution >= 0.6 is 0 Å². The fourth-order valence-electron chi connectivity index (χ4n) is 4.02. The Morgan fingerprint density at radius 2 is 1.81 bits per heavy atom. The topological polar surface area (TPSA) is 78.3 Å². The van der Waals surface area contributed by atoms with Gasteiger partial charge in [0.25, 0.3) is 0 Å². The number of aliphatic imine (C=N–C) groups is 1. The second-order valence-electron chi connectivity index (χ2n) is 7.00. The second-order valence-corrected chi connectivity index (χ2v) is 7.00. The Morgan fingerprint density at radius 3 is 2.59 bits per heavy atom. The summed E-state index contributed by atoms with van der Waals surface area (Å²) in [7, 11) is 0. The molecule has 7 nitrogen and oxygen atoms in total. The molecule has 0 amide bonds. The van der Waals surface area contributed by atoms with Crippen LogP contribution in [0, 0.1) is 5.92 Å². The minimum Gasteiger partial charge on any atom is -0.390 e. The van der Waals surface area contributed by atoms with Gasteiger partial charge in [0, 0.05) is 36.2 Å². The van der Waals surface area contributed by atoms with Crippen LogP contribution in [0.3, 0.4) is 0 Å². The highest BCUT2D eigenvalue weighted by Crippen LogP contribution is 2.37. The van der Waals surface area contributed by atoms with Gasteiger partial charge >= 0.3 is 0 Å². The number of morpholine rings is 1. The van der Waals surface area contributed by atoms with Gasteiger partial charge in [-0.25, -0.2) is 4.99 Å². The largest absolute Gasteiger partial charge is 0.390 e. The van der Waals surface area contributed by atoms with Crippen molar-refractivity contribution < 1.29 is 14.6 Å². The molecule has 3 aliphatic heterocycles. The zero-order valence-corrected chi connectivity index (χ0v) is 14.8. The van der Waals surface area contributed by atoms with Crippen molar-refractivity contribution in [2.24, 2.45) is 10.9 Å². The number of aliphatic hydroxyl groups excluding tert-OH is 1. The maximum Gasteiger partial charge on any atom is 0.178 e. The number of carbonyl (C=O) groups excluding carboxylic acids is 1. The first-order valence-electron chi connectivity index (χ1n) is 9.17. The molecule has 2 fully saturated rings. The third-order valence-corrected chi connectivity index (χ3v) is 5.43. The van der Waals surface area contributed by atoms with E-state index >= 15 is 0 Å². The number of ether oxygens (including phenoxy) is 1. The van der Waals surface area contributed by atoms with Gasteiger partial charge in [0.05, 0.1) is 37.7 Å². The summed E-state index contributed by atoms with van der Waals surface area (Å²) < 4.78 is 5.41. The fourth-order valence-corrected chi connectivity index (χ4v) is 4.02. The molecule has 2 saturated heterocycles. The molecule has 0 spiro atoms. The molecule has 2 atom stereocenters. The van der Waals surface area contributed by atoms with Gasteiger partial charge in [0.1, 0.15) is 11.8 Å². The van der Waals surface area contributed by atoms with Crippen LogP contribution in [-0.4, -0.2) is 60.7 Å². The molecule has 27 heavy (non-hydrogen) atoms. The predicted octanol–water partition coefficient (Wildman–Crippen LogP) is 1.64. The first kappa shape index (κ1) is 16.4. The number of nitrogens with zero attached hydrogens (tertiary/aromatic N) is 4. The first-order chi connectivity index (χ1) is 13.2. The molecule has 1 aromatic heterocycles. The molecule has 5 rings (SSSR count). The number of carbonyl (C=O) groups is 1. The van der Waals surface area contributed by atoms with Crippen molar-refractivity contribution in [2.45, 2.75) is 6.10 Å². The Bertz CT molecular complexity index is 906. The molecule has 1 N–H and O–H groups in total. The molecule has 0 aliphatic carbocycles. The number of hydrogen-bond donors (Lipinski definition) is 1. The number of rotatable bonds is 2. The highest BCUT2D eigenvalue weighted by molar-refractivity contribution is 6.23. The fraction of sp³-hybridized carbons (Fsp3) is 0.350. The van der Waals surface area contributed by atoms with Gasteiger partial charge in [-0.2, -0.15) is 0 Å². The van der Waals surface area contributed by atoms with Gasteiger partial charge in [0.15, 0.2) is 5.78 Å². The standard InChI is InChI=1S/C20H20N4O3/c25-17-12-24(14-3-1-13(2-4-14)23-7-9-27-10-8-23)20-18(17)19(26)15-5-6-21-11-16(15)22-20/h1-6,11,17-18,25H,7-10,12H2/t17-,18?/m1/s1. The van der Waals surface area contributed by atoms with Crippen molar-refractivity contribution in [1.82, 2.24) is 4.98 Å². The number of Topliss-reactive ketones (excluding diaryl/α,β-unsaturated/α-hetero) is 1. The second kappa shape index (κ2) is 6.44. The van der Waals surface area contributed by atoms with Crippen molar-refractivity contribution in [1.29, 1.82) is 0 Å². The summed E-state index contributed by atoms with van der Waals surface area (Å²) in [6.45, 7) is 3.61. The lowest BCUT2D eigenvalue weighted by Gasteiger charge is -2.29. The van der Waals surface area contributed by atoms with Gasteiger partial charge < -0.3 is 19.6 Å². The highest BCUT2D eigenvalue weighted by atomic mass is 16.5. The molecule has 1 unspecified atom stereocenters. The number of pyridine rings is 1. The van der Waals surface area contributed by atoms with E-state index in [9.17, 15) is 9.90 Å². The average molecular weight is 364 g/mol. The lowest BCUT2D eigenvalue weighted by Crippen LogP contribution is -2.36. The van der Waals surface area contributed by atoms with Gasteiger partial charge in [-0.05, 0) is 30.3 Å². The van der Waals surface area contributed by atoms with Crippen molar-refractivity contribution in [2.75, 3.05) is 42.6 Å². The third kappa shape index (κ3) is 2.70. The molecule has 138 valence electrons. The monoisotopic (exact) mass is 364 g/mol. The Balaban J connectivity index is 1.47. The summed E-state index contributed by atoms with van der Waals surface area (Å²) in [5.41, 5.74) is 3.17. The van der Waals surface area contributed by atoms with Gasteiger partial charge in [-0.1, -0.05) is 0 Å². The minimum atomic E-state index is -0.767. The molecule has 2 aromatic rings. The van der Waals surface area contributed by atoms with Crippen LogP contribution in [0.1, 0.15) is 10.4 Å². The smallest absolute Gasteiger partial charge is 0.178 e. The van der Waals surface area contributed by atoms with E-state index in [2.05, 4.69) is 27.0 Å². The van der Waals surface area contributed by atoms with Crippen molar-refractivity contribution >= 4 is 28.7 Å². The SMILES string of the molecule is O=C1c2ccncc2N=C2C1[C@H](O)CN2c1ccc(N2CCOCC2)cc1. The number of β-amino-alcohol motifs (C(OH)–C–C–N with tert-alkyl or cyclic N) is 1. The molecule has 0 radical (unpaired) electrons. The Kier molecular flexibility index (Phi) is 3.91. The lowest BCUT2D eigenvalue weighted by molar-refractivity contribution is 0.0838. The highest BCUT2D eigenvalue weighted by Gasteiger charge is 2.45. The van der Waals surface area contributed by atoms with Crippen LogP contribution in [0.4, 0.5) is 17.1 Å². The van der Waals surface area contributed by atoms with Gasteiger partial charge in [0.2, 0.25) is 0 Å². The average Bonchev–Trinajstić information content (AvgIpc) is 3.05. The van der Waals surface area contributed by atoms with Crippen LogP contribution in [0.15, 0.2) is 47.7 Å². The van der Waals surface area contributed by atoms with Gasteiger partial charge in [-0.15, -0.1) is 0 Å². The van der Waals surface area contributed by atoms with E-state index in [0.29, 0.717) is 23.6 Å². The zero-order valence-electron chi connectivity index (χ0n) is 14.8. The summed E-state index contributed by atoms with van der Waals surface area (Å²) in [5, 5.41) is 10.5. The Hall–Kier alpha value is -2.77. The summed E-state index contributed by atoms with van der Waals surface area (Å²) >= 11 is 0. The van der Waals surface area contributed by atoms with E-state index in [1.807, 2.05) is 17.0 Å². The van der Waals surface area contributed by atoms with E-state index in [0.717, 1.165) is 37.7 Å². The van der Waals surface area contributed by atoms with Crippen LogP contribution in [-0.2, 0) is 4.74 Å². The maximum absolute atomic E-state index is 12.8. The summed E-state index contributed by atoms with van der Waals surface area (Å²) in [6, 6.07) is 9.85. The molecular weight excluding hydrogens is 344 g/mol. The van der Waals surface area contributed by atoms with E-state index in [4.69, 9.17) is 4.74 Å². The number of aliphatic hydroxyl groups is 1. The molecular formula is C20H20N4O3. The predicted molar refractivity (Wildman–Crippen MR) is 102 cm³/mol. The van der Waals surface area contributed by atoms with E-state index in [1.54, 1.807) is 18.5 Å². The molecule has 3 aliphatic rings. The molecule has 1 aromatic carbocycles. The Morgan fingerprint density at radius 1 is 1.07 bits per heavy atom. The normalized spacial score (nSPS) is 24.5. The summed E-state index contributed by atoms with van der Waals surface area (Å²) in [4.78, 5) is 25.8. The molecule has 4 heterocycles. The maximum atomic E-state index is 12.8. The van der Waals surface area contributed by atoms with Crippen LogP contribution in [0.25, 0.3) is 0 Å². The number of amidine groups is 1. The third-order valence-electron chi connectivity index (χ3n) is 5.43. The number of anilines is 2. The quantitative estimate of drug-likeness (QED) is 0.873. The first-order valence-corrected chi connectivity index (χ1v) is 9.17. The van der Waals surface area contributed by atoms with Crippen molar-refractivity contribution in [3.8, 4) is 0 Å². The van der Waals surface area contributed by atoms with Crippen LogP contribution in [0.2, 0.25) is 0 Å². The van der Waals surface area contributed by atoms with Crippen molar-refractivity contribution in [3.63, 3.8) is 0 Å². The number of hydrogen-bond acceptors (Lipinski definition) is 7. The number of aromatic nitrogens is 1. The van der Waals surface area contributed by atoms with E-state index < -0.39 is 12.0 Å². The van der Waals surface area contributed by atoms with Gasteiger partial charge in [-0.3, -0.25) is 9.78 Å². The van der Waals surface area contributed by atoms with Crippen molar-refractivity contribution in [3.05, 3.63) is 48.3 Å². The van der Waals surface area contributed by atoms with E-state index in [1.165, 1.54) is 0 Å². The van der Waals surface area contributed by atoms with Crippen LogP contribution < -0.4 is 9.80 Å². The molecule has 0 bridgehead atoms. The minimum absolute atomic E-state index is 0.0858. The number of ketones is 1. The molecule has 7 heteroatoms. The lowest BCUT2D eigenvalue weighted by atomic mass is 9.91. The molecule has 0 saturated carbocycles. The number of benzene rings is 1. The van der Waals surface area contributed by atoms with E-state index in [-0.39, 0.29) is 5.78 Å². The van der Waals surface area contributed by atoms with Crippen LogP contribution in [0.5, 0.6) is 0 Å². The summed E-state index contributed by atoms with van der Waals surface area (Å²) in [6.07, 6.45) is 2.41. The summed E-state index contributed by atoms with van der Waals surface area (Å²) in [5.74, 6) is -0.0942. The zero-order chi connectivity index (χ0) is 18.4. The number of fused-ring (bicyclic) bond motifs is 2.